The lowest BCUT2D eigenvalue weighted by Crippen LogP contribution is -2.16. The number of carbonyl (C=O) groups excluding carboxylic acids is 1. The van der Waals surface area contributed by atoms with Crippen molar-refractivity contribution in [2.75, 3.05) is 24.8 Å². The zero-order valence-corrected chi connectivity index (χ0v) is 17.0. The molecular formula is C20H23N5O2S. The maximum atomic E-state index is 12.4. The third-order valence-electron chi connectivity index (χ3n) is 4.39. The fraction of sp³-hybridized carbons (Fsp3) is 0.300. The second-order valence-corrected chi connectivity index (χ2v) is 7.21. The fourth-order valence-electron chi connectivity index (χ4n) is 2.70. The van der Waals surface area contributed by atoms with Gasteiger partial charge in [0.15, 0.2) is 11.0 Å². The highest BCUT2D eigenvalue weighted by molar-refractivity contribution is 7.99. The van der Waals surface area contributed by atoms with Crippen molar-refractivity contribution in [1.82, 2.24) is 19.7 Å². The molecule has 0 saturated carbocycles. The van der Waals surface area contributed by atoms with Gasteiger partial charge in [-0.1, -0.05) is 23.9 Å². The van der Waals surface area contributed by atoms with Gasteiger partial charge in [-0.05, 0) is 43.2 Å². The summed E-state index contributed by atoms with van der Waals surface area (Å²) in [6.45, 7) is 5.15. The number of methoxy groups -OCH3 is 1. The van der Waals surface area contributed by atoms with Crippen molar-refractivity contribution >= 4 is 23.4 Å². The van der Waals surface area contributed by atoms with Gasteiger partial charge in [0, 0.05) is 30.8 Å². The Labute approximate surface area is 168 Å². The molecule has 0 spiro atoms. The molecule has 2 aromatic heterocycles. The summed E-state index contributed by atoms with van der Waals surface area (Å²) in [4.78, 5) is 16.5. The second-order valence-electron chi connectivity index (χ2n) is 6.27. The molecule has 1 aromatic carbocycles. The number of aryl methyl sites for hydroxylation is 1. The summed E-state index contributed by atoms with van der Waals surface area (Å²) in [5.74, 6) is 0.900. The maximum Gasteiger partial charge on any atom is 0.234 e. The molecular weight excluding hydrogens is 374 g/mol. The number of thioether (sulfide) groups is 1. The van der Waals surface area contributed by atoms with E-state index in [1.807, 2.05) is 48.7 Å². The molecule has 0 saturated heterocycles. The van der Waals surface area contributed by atoms with Gasteiger partial charge in [0.05, 0.1) is 18.9 Å². The molecule has 0 aliphatic carbocycles. The molecule has 146 valence electrons. The average molecular weight is 398 g/mol. The summed E-state index contributed by atoms with van der Waals surface area (Å²) in [5, 5.41) is 12.2. The van der Waals surface area contributed by atoms with Gasteiger partial charge in [-0.15, -0.1) is 10.2 Å². The van der Waals surface area contributed by atoms with Crippen molar-refractivity contribution in [3.05, 3.63) is 53.9 Å². The zero-order valence-electron chi connectivity index (χ0n) is 16.2. The van der Waals surface area contributed by atoms with E-state index < -0.39 is 0 Å². The number of nitrogens with one attached hydrogen (secondary N) is 1. The lowest BCUT2D eigenvalue weighted by atomic mass is 10.1. The van der Waals surface area contributed by atoms with Crippen LogP contribution in [0.2, 0.25) is 0 Å². The van der Waals surface area contributed by atoms with Crippen LogP contribution in [0.1, 0.15) is 11.1 Å². The second kappa shape index (κ2) is 9.48. The van der Waals surface area contributed by atoms with E-state index in [0.717, 1.165) is 28.2 Å². The summed E-state index contributed by atoms with van der Waals surface area (Å²) >= 11 is 1.36. The Morgan fingerprint density at radius 3 is 2.71 bits per heavy atom. The number of pyridine rings is 1. The van der Waals surface area contributed by atoms with Gasteiger partial charge in [0.1, 0.15) is 0 Å². The molecule has 0 fully saturated rings. The van der Waals surface area contributed by atoms with E-state index >= 15 is 0 Å². The standard InChI is InChI=1S/C20H23N5O2S/c1-14-5-4-6-17(15(14)2)22-18(26)13-28-20-24-23-19(25(20)11-12-27-3)16-7-9-21-10-8-16/h4-10H,11-13H2,1-3H3,(H,22,26). The Morgan fingerprint density at radius 1 is 1.18 bits per heavy atom. The lowest BCUT2D eigenvalue weighted by molar-refractivity contribution is -0.113. The molecule has 0 bridgehead atoms. The number of anilines is 1. The van der Waals surface area contributed by atoms with Crippen molar-refractivity contribution < 1.29 is 9.53 Å². The van der Waals surface area contributed by atoms with Gasteiger partial charge in [0.2, 0.25) is 5.91 Å². The molecule has 3 aromatic rings. The first kappa shape index (κ1) is 20.0. The van der Waals surface area contributed by atoms with Crippen molar-refractivity contribution in [2.45, 2.75) is 25.5 Å². The van der Waals surface area contributed by atoms with Gasteiger partial charge in [-0.25, -0.2) is 0 Å². The number of benzene rings is 1. The molecule has 2 heterocycles. The van der Waals surface area contributed by atoms with Crippen molar-refractivity contribution in [1.29, 1.82) is 0 Å². The van der Waals surface area contributed by atoms with Crippen LogP contribution in [0, 0.1) is 13.8 Å². The predicted octanol–water partition coefficient (Wildman–Crippen LogP) is 3.33. The van der Waals surface area contributed by atoms with Crippen molar-refractivity contribution in [3.8, 4) is 11.4 Å². The molecule has 3 rings (SSSR count). The molecule has 0 unspecified atom stereocenters. The van der Waals surface area contributed by atoms with E-state index in [-0.39, 0.29) is 11.7 Å². The SMILES string of the molecule is COCCn1c(SCC(=O)Nc2cccc(C)c2C)nnc1-c1ccncc1. The summed E-state index contributed by atoms with van der Waals surface area (Å²) in [7, 11) is 1.65. The third-order valence-corrected chi connectivity index (χ3v) is 5.35. The summed E-state index contributed by atoms with van der Waals surface area (Å²) < 4.78 is 7.18. The van der Waals surface area contributed by atoms with Crippen LogP contribution < -0.4 is 5.32 Å². The van der Waals surface area contributed by atoms with E-state index in [0.29, 0.717) is 18.3 Å². The minimum atomic E-state index is -0.0783. The highest BCUT2D eigenvalue weighted by atomic mass is 32.2. The highest BCUT2D eigenvalue weighted by Crippen LogP contribution is 2.24. The number of aromatic nitrogens is 4. The topological polar surface area (TPSA) is 81.9 Å². The quantitative estimate of drug-likeness (QED) is 0.587. The van der Waals surface area contributed by atoms with Crippen LogP contribution in [0.25, 0.3) is 11.4 Å². The van der Waals surface area contributed by atoms with Gasteiger partial charge in [-0.3, -0.25) is 14.3 Å². The van der Waals surface area contributed by atoms with Crippen LogP contribution in [0.4, 0.5) is 5.69 Å². The van der Waals surface area contributed by atoms with Gasteiger partial charge < -0.3 is 10.1 Å². The van der Waals surface area contributed by atoms with E-state index in [1.54, 1.807) is 19.5 Å². The Balaban J connectivity index is 1.72. The van der Waals surface area contributed by atoms with E-state index in [9.17, 15) is 4.79 Å². The fourth-order valence-corrected chi connectivity index (χ4v) is 3.46. The number of nitrogens with zero attached hydrogens (tertiary/aromatic N) is 4. The Kier molecular flexibility index (Phi) is 6.78. The van der Waals surface area contributed by atoms with Crippen LogP contribution >= 0.6 is 11.8 Å². The number of hydrogen-bond donors (Lipinski definition) is 1. The molecule has 0 radical (unpaired) electrons. The first-order valence-electron chi connectivity index (χ1n) is 8.91. The zero-order chi connectivity index (χ0) is 19.9. The predicted molar refractivity (Wildman–Crippen MR) is 110 cm³/mol. The molecule has 8 heteroatoms. The molecule has 28 heavy (non-hydrogen) atoms. The van der Waals surface area contributed by atoms with E-state index in [1.165, 1.54) is 11.8 Å². The van der Waals surface area contributed by atoms with Crippen LogP contribution in [0.15, 0.2) is 47.9 Å². The number of ether oxygens (including phenoxy) is 1. The van der Waals surface area contributed by atoms with E-state index in [4.69, 9.17) is 4.74 Å². The highest BCUT2D eigenvalue weighted by Gasteiger charge is 2.16. The normalized spacial score (nSPS) is 10.8. The molecule has 0 aliphatic rings. The van der Waals surface area contributed by atoms with Gasteiger partial charge >= 0.3 is 0 Å². The molecule has 1 N–H and O–H groups in total. The maximum absolute atomic E-state index is 12.4. The molecule has 0 atom stereocenters. The first-order chi connectivity index (χ1) is 13.6. The smallest absolute Gasteiger partial charge is 0.234 e. The number of amides is 1. The Morgan fingerprint density at radius 2 is 1.96 bits per heavy atom. The monoisotopic (exact) mass is 397 g/mol. The van der Waals surface area contributed by atoms with Gasteiger partial charge in [-0.2, -0.15) is 0 Å². The largest absolute Gasteiger partial charge is 0.383 e. The minimum Gasteiger partial charge on any atom is -0.383 e. The minimum absolute atomic E-state index is 0.0783. The Hall–Kier alpha value is -2.71. The van der Waals surface area contributed by atoms with Crippen LogP contribution in [-0.2, 0) is 16.1 Å². The van der Waals surface area contributed by atoms with E-state index in [2.05, 4.69) is 20.5 Å². The number of hydrogen-bond acceptors (Lipinski definition) is 6. The summed E-state index contributed by atoms with van der Waals surface area (Å²) in [6, 6.07) is 9.64. The van der Waals surface area contributed by atoms with Gasteiger partial charge in [0.25, 0.3) is 0 Å². The average Bonchev–Trinajstić information content (AvgIpc) is 3.11. The lowest BCUT2D eigenvalue weighted by Gasteiger charge is -2.11. The van der Waals surface area contributed by atoms with Crippen molar-refractivity contribution in [2.24, 2.45) is 0 Å². The van der Waals surface area contributed by atoms with Crippen LogP contribution in [0.5, 0.6) is 0 Å². The molecule has 1 amide bonds. The number of rotatable bonds is 8. The molecule has 0 aliphatic heterocycles. The van der Waals surface area contributed by atoms with Crippen molar-refractivity contribution in [3.63, 3.8) is 0 Å². The Bertz CT molecular complexity index is 943. The first-order valence-corrected chi connectivity index (χ1v) is 9.90. The summed E-state index contributed by atoms with van der Waals surface area (Å²) in [6.07, 6.45) is 3.43. The third kappa shape index (κ3) is 4.76. The van der Waals surface area contributed by atoms with Crippen LogP contribution in [0.3, 0.4) is 0 Å². The number of carbonyl (C=O) groups is 1. The summed E-state index contributed by atoms with van der Waals surface area (Å²) in [5.41, 5.74) is 3.98. The molecule has 7 nitrogen and oxygen atoms in total. The van der Waals surface area contributed by atoms with Crippen LogP contribution in [-0.4, -0.2) is 45.1 Å².